The number of likely N-dealkylation sites (N-methyl/N-ethyl adjacent to an activating group) is 1. The lowest BCUT2D eigenvalue weighted by Gasteiger charge is -2.15. The second kappa shape index (κ2) is 6.53. The van der Waals surface area contributed by atoms with E-state index < -0.39 is 0 Å². The van der Waals surface area contributed by atoms with E-state index in [2.05, 4.69) is 78.5 Å². The van der Waals surface area contributed by atoms with E-state index in [1.54, 1.807) is 5.56 Å². The predicted molar refractivity (Wildman–Crippen MR) is 107 cm³/mol. The number of aryl methyl sites for hydroxylation is 1. The monoisotopic (exact) mass is 330 g/mol. The highest BCUT2D eigenvalue weighted by molar-refractivity contribution is 5.87. The van der Waals surface area contributed by atoms with Crippen molar-refractivity contribution in [2.24, 2.45) is 0 Å². The first-order chi connectivity index (χ1) is 12.1. The fourth-order valence-electron chi connectivity index (χ4n) is 4.00. The second-order valence-corrected chi connectivity index (χ2v) is 7.30. The van der Waals surface area contributed by atoms with Gasteiger partial charge in [-0.1, -0.05) is 48.5 Å². The summed E-state index contributed by atoms with van der Waals surface area (Å²) in [5, 5.41) is 1.44. The zero-order chi connectivity index (χ0) is 17.4. The smallest absolute Gasteiger partial charge is 0.0488 e. The molecule has 0 spiro atoms. The molecule has 128 valence electrons. The van der Waals surface area contributed by atoms with Gasteiger partial charge in [0.15, 0.2) is 0 Å². The van der Waals surface area contributed by atoms with Gasteiger partial charge < -0.3 is 9.47 Å². The SMILES string of the molecule is C=C(Cn1c2c(c3cc(C)ccc31)CCN(C)CC2)c1ccccc1. The quantitative estimate of drug-likeness (QED) is 0.676. The first kappa shape index (κ1) is 16.2. The normalized spacial score (nSPS) is 15.1. The molecule has 4 rings (SSSR count). The Labute approximate surface area is 150 Å². The highest BCUT2D eigenvalue weighted by atomic mass is 15.1. The average molecular weight is 330 g/mol. The van der Waals surface area contributed by atoms with Crippen molar-refractivity contribution in [2.75, 3.05) is 20.1 Å². The number of aromatic nitrogens is 1. The van der Waals surface area contributed by atoms with Crippen LogP contribution in [0, 0.1) is 6.92 Å². The summed E-state index contributed by atoms with van der Waals surface area (Å²) in [4.78, 5) is 2.44. The molecule has 1 aliphatic heterocycles. The van der Waals surface area contributed by atoms with Crippen molar-refractivity contribution in [3.63, 3.8) is 0 Å². The Morgan fingerprint density at radius 3 is 2.60 bits per heavy atom. The van der Waals surface area contributed by atoms with Crippen molar-refractivity contribution in [1.82, 2.24) is 9.47 Å². The van der Waals surface area contributed by atoms with E-state index in [9.17, 15) is 0 Å². The summed E-state index contributed by atoms with van der Waals surface area (Å²) in [6.45, 7) is 9.70. The van der Waals surface area contributed by atoms with Gasteiger partial charge in [0, 0.05) is 42.7 Å². The minimum absolute atomic E-state index is 0.864. The van der Waals surface area contributed by atoms with Crippen LogP contribution < -0.4 is 0 Å². The van der Waals surface area contributed by atoms with Gasteiger partial charge in [-0.15, -0.1) is 0 Å². The van der Waals surface area contributed by atoms with Crippen LogP contribution in [0.15, 0.2) is 55.1 Å². The van der Waals surface area contributed by atoms with E-state index in [4.69, 9.17) is 0 Å². The van der Waals surface area contributed by atoms with E-state index in [1.165, 1.54) is 33.3 Å². The molecule has 2 aromatic carbocycles. The molecular formula is C23H26N2. The van der Waals surface area contributed by atoms with E-state index in [0.717, 1.165) is 32.5 Å². The Balaban J connectivity index is 1.81. The minimum atomic E-state index is 0.864. The number of rotatable bonds is 3. The maximum atomic E-state index is 4.38. The fraction of sp³-hybridized carbons (Fsp3) is 0.304. The van der Waals surface area contributed by atoms with Crippen LogP contribution in [0.5, 0.6) is 0 Å². The van der Waals surface area contributed by atoms with Crippen LogP contribution in [0.1, 0.15) is 22.4 Å². The van der Waals surface area contributed by atoms with Crippen molar-refractivity contribution in [3.05, 3.63) is 77.5 Å². The van der Waals surface area contributed by atoms with Gasteiger partial charge in [-0.05, 0) is 49.2 Å². The maximum absolute atomic E-state index is 4.38. The summed E-state index contributed by atoms with van der Waals surface area (Å²) in [5.74, 6) is 0. The van der Waals surface area contributed by atoms with Gasteiger partial charge in [0.05, 0.1) is 0 Å². The van der Waals surface area contributed by atoms with Gasteiger partial charge in [-0.2, -0.15) is 0 Å². The van der Waals surface area contributed by atoms with Crippen LogP contribution >= 0.6 is 0 Å². The van der Waals surface area contributed by atoms with Gasteiger partial charge in [-0.3, -0.25) is 0 Å². The lowest BCUT2D eigenvalue weighted by atomic mass is 10.1. The lowest BCUT2D eigenvalue weighted by Crippen LogP contribution is -2.21. The third kappa shape index (κ3) is 3.03. The molecule has 2 heterocycles. The Bertz CT molecular complexity index is 918. The van der Waals surface area contributed by atoms with Crippen molar-refractivity contribution in [3.8, 4) is 0 Å². The number of allylic oxidation sites excluding steroid dienone is 1. The van der Waals surface area contributed by atoms with Crippen LogP contribution in [-0.4, -0.2) is 29.6 Å². The van der Waals surface area contributed by atoms with Crippen molar-refractivity contribution in [2.45, 2.75) is 26.3 Å². The average Bonchev–Trinajstić information content (AvgIpc) is 2.76. The van der Waals surface area contributed by atoms with Gasteiger partial charge in [0.1, 0.15) is 0 Å². The molecule has 2 nitrogen and oxygen atoms in total. The molecule has 0 radical (unpaired) electrons. The predicted octanol–water partition coefficient (Wildman–Crippen LogP) is 4.69. The van der Waals surface area contributed by atoms with Crippen molar-refractivity contribution < 1.29 is 0 Å². The first-order valence-corrected chi connectivity index (χ1v) is 9.16. The molecular weight excluding hydrogens is 304 g/mol. The molecule has 0 amide bonds. The molecule has 3 aromatic rings. The molecule has 0 saturated carbocycles. The molecule has 1 aliphatic rings. The van der Waals surface area contributed by atoms with Gasteiger partial charge >= 0.3 is 0 Å². The van der Waals surface area contributed by atoms with Crippen LogP contribution in [-0.2, 0) is 19.4 Å². The summed E-state index contributed by atoms with van der Waals surface area (Å²) in [7, 11) is 2.23. The largest absolute Gasteiger partial charge is 0.340 e. The third-order valence-corrected chi connectivity index (χ3v) is 5.45. The molecule has 0 N–H and O–H groups in total. The van der Waals surface area contributed by atoms with Gasteiger partial charge in [0.25, 0.3) is 0 Å². The van der Waals surface area contributed by atoms with E-state index in [0.29, 0.717) is 0 Å². The lowest BCUT2D eigenvalue weighted by molar-refractivity contribution is 0.351. The van der Waals surface area contributed by atoms with E-state index in [1.807, 2.05) is 0 Å². The second-order valence-electron chi connectivity index (χ2n) is 7.30. The Kier molecular flexibility index (Phi) is 4.22. The van der Waals surface area contributed by atoms with Crippen molar-refractivity contribution >= 4 is 16.5 Å². The van der Waals surface area contributed by atoms with E-state index in [-0.39, 0.29) is 0 Å². The molecule has 25 heavy (non-hydrogen) atoms. The number of fused-ring (bicyclic) bond motifs is 3. The van der Waals surface area contributed by atoms with Crippen LogP contribution in [0.2, 0.25) is 0 Å². The number of nitrogens with zero attached hydrogens (tertiary/aromatic N) is 2. The molecule has 0 atom stereocenters. The summed E-state index contributed by atoms with van der Waals surface area (Å²) >= 11 is 0. The number of hydrogen-bond acceptors (Lipinski definition) is 1. The topological polar surface area (TPSA) is 8.17 Å². The molecule has 0 fully saturated rings. The third-order valence-electron chi connectivity index (χ3n) is 5.45. The molecule has 0 bridgehead atoms. The zero-order valence-corrected chi connectivity index (χ0v) is 15.3. The van der Waals surface area contributed by atoms with Crippen molar-refractivity contribution in [1.29, 1.82) is 0 Å². The van der Waals surface area contributed by atoms with Crippen LogP contribution in [0.3, 0.4) is 0 Å². The fourth-order valence-corrected chi connectivity index (χ4v) is 4.00. The molecule has 2 heteroatoms. The highest BCUT2D eigenvalue weighted by Crippen LogP contribution is 2.31. The number of benzene rings is 2. The summed E-state index contributed by atoms with van der Waals surface area (Å²) in [5.41, 5.74) is 8.16. The summed E-state index contributed by atoms with van der Waals surface area (Å²) in [6.07, 6.45) is 2.25. The highest BCUT2D eigenvalue weighted by Gasteiger charge is 2.21. The Hall–Kier alpha value is -2.32. The van der Waals surface area contributed by atoms with Crippen LogP contribution in [0.25, 0.3) is 16.5 Å². The zero-order valence-electron chi connectivity index (χ0n) is 15.3. The Morgan fingerprint density at radius 2 is 1.80 bits per heavy atom. The molecule has 0 unspecified atom stereocenters. The maximum Gasteiger partial charge on any atom is 0.0488 e. The number of hydrogen-bond donors (Lipinski definition) is 0. The minimum Gasteiger partial charge on any atom is -0.340 e. The molecule has 0 saturated heterocycles. The standard InChI is InChI=1S/C23H26N2/c1-17-9-10-22-21(15-17)20-11-13-24(3)14-12-23(20)25(22)16-18(2)19-7-5-4-6-8-19/h4-10,15H,2,11-14,16H2,1,3H3. The summed E-state index contributed by atoms with van der Waals surface area (Å²) < 4.78 is 2.51. The van der Waals surface area contributed by atoms with Crippen LogP contribution in [0.4, 0.5) is 0 Å². The molecule has 1 aromatic heterocycles. The summed E-state index contributed by atoms with van der Waals surface area (Å²) in [6, 6.07) is 17.4. The Morgan fingerprint density at radius 1 is 1.04 bits per heavy atom. The van der Waals surface area contributed by atoms with E-state index >= 15 is 0 Å². The first-order valence-electron chi connectivity index (χ1n) is 9.16. The van der Waals surface area contributed by atoms with Gasteiger partial charge in [-0.25, -0.2) is 0 Å². The van der Waals surface area contributed by atoms with Gasteiger partial charge in [0.2, 0.25) is 0 Å². The molecule has 0 aliphatic carbocycles.